The lowest BCUT2D eigenvalue weighted by molar-refractivity contribution is -0.122. The molecule has 0 fully saturated rings. The van der Waals surface area contributed by atoms with Gasteiger partial charge >= 0.3 is 0 Å². The third kappa shape index (κ3) is 5.33. The second kappa shape index (κ2) is 9.97. The number of methoxy groups -OCH3 is 2. The third-order valence-electron chi connectivity index (χ3n) is 5.05. The van der Waals surface area contributed by atoms with E-state index in [4.69, 9.17) is 14.2 Å². The number of nitrogens with one attached hydrogen (secondary N) is 1. The SMILES string of the molecule is COc1ccc(CCNC(=O)CCN2C(=O)COc3ccc(C(C)=O)cc32)cc1OC. The van der Waals surface area contributed by atoms with Crippen LogP contribution in [0.4, 0.5) is 5.69 Å². The number of amides is 2. The number of carbonyl (C=O) groups excluding carboxylic acids is 3. The number of benzene rings is 2. The molecule has 0 radical (unpaired) electrons. The molecule has 0 atom stereocenters. The van der Waals surface area contributed by atoms with E-state index in [1.54, 1.807) is 32.4 Å². The predicted molar refractivity (Wildman–Crippen MR) is 115 cm³/mol. The second-order valence-corrected chi connectivity index (χ2v) is 7.11. The van der Waals surface area contributed by atoms with E-state index in [1.807, 2.05) is 18.2 Å². The number of fused-ring (bicyclic) bond motifs is 1. The number of rotatable bonds is 9. The molecule has 31 heavy (non-hydrogen) atoms. The third-order valence-corrected chi connectivity index (χ3v) is 5.05. The van der Waals surface area contributed by atoms with Gasteiger partial charge in [0.05, 0.1) is 19.9 Å². The maximum absolute atomic E-state index is 12.3. The molecule has 2 amide bonds. The highest BCUT2D eigenvalue weighted by molar-refractivity contribution is 6.01. The van der Waals surface area contributed by atoms with Crippen LogP contribution in [-0.4, -0.2) is 51.5 Å². The van der Waals surface area contributed by atoms with Gasteiger partial charge in [0.25, 0.3) is 5.91 Å². The van der Waals surface area contributed by atoms with Gasteiger partial charge in [-0.2, -0.15) is 0 Å². The molecule has 0 spiro atoms. The number of anilines is 1. The largest absolute Gasteiger partial charge is 0.493 e. The van der Waals surface area contributed by atoms with E-state index in [0.29, 0.717) is 41.5 Å². The summed E-state index contributed by atoms with van der Waals surface area (Å²) in [6, 6.07) is 10.6. The molecule has 1 N–H and O–H groups in total. The average Bonchev–Trinajstić information content (AvgIpc) is 2.77. The molecular weight excluding hydrogens is 400 g/mol. The summed E-state index contributed by atoms with van der Waals surface area (Å²) >= 11 is 0. The van der Waals surface area contributed by atoms with E-state index in [0.717, 1.165) is 5.56 Å². The van der Waals surface area contributed by atoms with E-state index in [1.165, 1.54) is 11.8 Å². The fourth-order valence-corrected chi connectivity index (χ4v) is 3.35. The fraction of sp³-hybridized carbons (Fsp3) is 0.348. The Bertz CT molecular complexity index is 988. The first-order valence-electron chi connectivity index (χ1n) is 9.98. The van der Waals surface area contributed by atoms with E-state index in [-0.39, 0.29) is 37.2 Å². The second-order valence-electron chi connectivity index (χ2n) is 7.11. The summed E-state index contributed by atoms with van der Waals surface area (Å²) in [5, 5.41) is 2.87. The van der Waals surface area contributed by atoms with Crippen molar-refractivity contribution in [2.45, 2.75) is 19.8 Å². The lowest BCUT2D eigenvalue weighted by Gasteiger charge is -2.29. The summed E-state index contributed by atoms with van der Waals surface area (Å²) in [7, 11) is 3.16. The van der Waals surface area contributed by atoms with Gasteiger partial charge in [-0.3, -0.25) is 14.4 Å². The van der Waals surface area contributed by atoms with E-state index in [2.05, 4.69) is 5.32 Å². The molecule has 0 aliphatic carbocycles. The molecule has 1 heterocycles. The Balaban J connectivity index is 1.55. The first kappa shape index (κ1) is 22.1. The van der Waals surface area contributed by atoms with Crippen molar-refractivity contribution in [2.24, 2.45) is 0 Å². The maximum Gasteiger partial charge on any atom is 0.265 e. The molecule has 2 aromatic rings. The summed E-state index contributed by atoms with van der Waals surface area (Å²) in [5.41, 5.74) is 2.01. The van der Waals surface area contributed by atoms with Crippen LogP contribution in [0.3, 0.4) is 0 Å². The molecule has 0 bridgehead atoms. The van der Waals surface area contributed by atoms with E-state index >= 15 is 0 Å². The molecule has 0 saturated heterocycles. The van der Waals surface area contributed by atoms with Crippen LogP contribution in [0.15, 0.2) is 36.4 Å². The summed E-state index contributed by atoms with van der Waals surface area (Å²) in [6.07, 6.45) is 0.773. The molecule has 0 saturated carbocycles. The van der Waals surface area contributed by atoms with Crippen LogP contribution in [0.5, 0.6) is 17.2 Å². The first-order chi connectivity index (χ1) is 14.9. The highest BCUT2D eigenvalue weighted by Crippen LogP contribution is 2.33. The predicted octanol–water partition coefficient (Wildman–Crippen LogP) is 2.38. The summed E-state index contributed by atoms with van der Waals surface area (Å²) in [4.78, 5) is 37.8. The van der Waals surface area contributed by atoms with Gasteiger partial charge in [0.1, 0.15) is 5.75 Å². The number of hydrogen-bond donors (Lipinski definition) is 1. The van der Waals surface area contributed by atoms with Crippen molar-refractivity contribution in [2.75, 3.05) is 38.8 Å². The summed E-state index contributed by atoms with van der Waals surface area (Å²) in [5.74, 6) is 1.31. The lowest BCUT2D eigenvalue weighted by Crippen LogP contribution is -2.41. The zero-order valence-corrected chi connectivity index (χ0v) is 17.9. The van der Waals surface area contributed by atoms with Crippen LogP contribution in [0.1, 0.15) is 29.3 Å². The van der Waals surface area contributed by atoms with E-state index in [9.17, 15) is 14.4 Å². The number of nitrogens with zero attached hydrogens (tertiary/aromatic N) is 1. The maximum atomic E-state index is 12.3. The number of Topliss-reactive ketones (excluding diaryl/α,β-unsaturated/α-hetero) is 1. The Morgan fingerprint density at radius 3 is 2.58 bits per heavy atom. The van der Waals surface area contributed by atoms with Gasteiger partial charge in [-0.1, -0.05) is 6.07 Å². The molecule has 1 aliphatic rings. The van der Waals surface area contributed by atoms with Crippen LogP contribution in [0, 0.1) is 0 Å². The molecule has 2 aromatic carbocycles. The standard InChI is InChI=1S/C23H26N2O6/c1-15(26)17-5-7-19-18(13-17)25(23(28)14-31-19)11-9-22(27)24-10-8-16-4-6-20(29-2)21(12-16)30-3/h4-7,12-13H,8-11,14H2,1-3H3,(H,24,27). The van der Waals surface area contributed by atoms with E-state index < -0.39 is 0 Å². The monoisotopic (exact) mass is 426 g/mol. The zero-order valence-electron chi connectivity index (χ0n) is 17.9. The van der Waals surface area contributed by atoms with Gasteiger partial charge in [-0.15, -0.1) is 0 Å². The Hall–Kier alpha value is -3.55. The number of ether oxygens (including phenoxy) is 3. The summed E-state index contributed by atoms with van der Waals surface area (Å²) < 4.78 is 15.9. The van der Waals surface area contributed by atoms with Gasteiger partial charge in [-0.25, -0.2) is 0 Å². The van der Waals surface area contributed by atoms with Gasteiger partial charge in [0.2, 0.25) is 5.91 Å². The minimum absolute atomic E-state index is 0.0899. The van der Waals surface area contributed by atoms with Crippen molar-refractivity contribution in [1.82, 2.24) is 5.32 Å². The van der Waals surface area contributed by atoms with Crippen LogP contribution >= 0.6 is 0 Å². The van der Waals surface area contributed by atoms with Crippen LogP contribution < -0.4 is 24.4 Å². The Kier molecular flexibility index (Phi) is 7.12. The molecule has 164 valence electrons. The highest BCUT2D eigenvalue weighted by atomic mass is 16.5. The Morgan fingerprint density at radius 1 is 1.10 bits per heavy atom. The van der Waals surface area contributed by atoms with Crippen molar-refractivity contribution in [1.29, 1.82) is 0 Å². The minimum atomic E-state index is -0.244. The van der Waals surface area contributed by atoms with Crippen molar-refractivity contribution < 1.29 is 28.6 Å². The zero-order chi connectivity index (χ0) is 22.4. The molecule has 8 nitrogen and oxygen atoms in total. The van der Waals surface area contributed by atoms with Crippen LogP contribution in [-0.2, 0) is 16.0 Å². The number of hydrogen-bond acceptors (Lipinski definition) is 6. The Morgan fingerprint density at radius 2 is 1.87 bits per heavy atom. The molecular formula is C23H26N2O6. The quantitative estimate of drug-likeness (QED) is 0.619. The van der Waals surface area contributed by atoms with Crippen molar-refractivity contribution >= 4 is 23.3 Å². The van der Waals surface area contributed by atoms with Crippen LogP contribution in [0.25, 0.3) is 0 Å². The van der Waals surface area contributed by atoms with Gasteiger partial charge in [0.15, 0.2) is 23.9 Å². The molecule has 0 unspecified atom stereocenters. The lowest BCUT2D eigenvalue weighted by atomic mass is 10.1. The van der Waals surface area contributed by atoms with Gasteiger partial charge < -0.3 is 24.4 Å². The smallest absolute Gasteiger partial charge is 0.265 e. The minimum Gasteiger partial charge on any atom is -0.493 e. The molecule has 1 aliphatic heterocycles. The van der Waals surface area contributed by atoms with Crippen molar-refractivity contribution in [3.05, 3.63) is 47.5 Å². The van der Waals surface area contributed by atoms with Gasteiger partial charge in [0, 0.05) is 25.1 Å². The van der Waals surface area contributed by atoms with Crippen molar-refractivity contribution in [3.8, 4) is 17.2 Å². The average molecular weight is 426 g/mol. The first-order valence-corrected chi connectivity index (χ1v) is 9.98. The molecule has 3 rings (SSSR count). The molecule has 8 heteroatoms. The number of carbonyl (C=O) groups is 3. The van der Waals surface area contributed by atoms with Crippen LogP contribution in [0.2, 0.25) is 0 Å². The van der Waals surface area contributed by atoms with Crippen molar-refractivity contribution in [3.63, 3.8) is 0 Å². The Labute approximate surface area is 181 Å². The molecule has 0 aromatic heterocycles. The normalized spacial score (nSPS) is 12.6. The number of ketones is 1. The highest BCUT2D eigenvalue weighted by Gasteiger charge is 2.26. The summed E-state index contributed by atoms with van der Waals surface area (Å²) in [6.45, 7) is 2.03. The topological polar surface area (TPSA) is 94.2 Å². The van der Waals surface area contributed by atoms with Gasteiger partial charge in [-0.05, 0) is 49.2 Å². The fourth-order valence-electron chi connectivity index (χ4n) is 3.35.